The van der Waals surface area contributed by atoms with Gasteiger partial charge in [-0.15, -0.1) is 0 Å². The summed E-state index contributed by atoms with van der Waals surface area (Å²) in [6.45, 7) is 0.538. The lowest BCUT2D eigenvalue weighted by Crippen LogP contribution is -2.22. The number of carbonyl (C=O) groups excluding carboxylic acids is 1. The van der Waals surface area contributed by atoms with E-state index in [1.54, 1.807) is 12.1 Å². The normalized spacial score (nSPS) is 16.6. The third-order valence-electron chi connectivity index (χ3n) is 4.41. The number of nitrogens with one attached hydrogen (secondary N) is 1. The molecule has 0 aliphatic carbocycles. The quantitative estimate of drug-likeness (QED) is 0.655. The van der Waals surface area contributed by atoms with E-state index in [1.165, 1.54) is 0 Å². The molecule has 1 aliphatic heterocycles. The molecule has 1 unspecified atom stereocenters. The molecule has 0 spiro atoms. The van der Waals surface area contributed by atoms with Gasteiger partial charge in [0.2, 0.25) is 5.78 Å². The van der Waals surface area contributed by atoms with Crippen molar-refractivity contribution in [2.75, 3.05) is 6.54 Å². The Morgan fingerprint density at radius 3 is 2.60 bits per heavy atom. The summed E-state index contributed by atoms with van der Waals surface area (Å²) in [6, 6.07) is 19.0. The van der Waals surface area contributed by atoms with E-state index in [-0.39, 0.29) is 11.7 Å². The molecule has 1 N–H and O–H groups in total. The van der Waals surface area contributed by atoms with Crippen molar-refractivity contribution in [3.05, 3.63) is 81.8 Å². The molecular formula is C20H14Cl2N2O. The van der Waals surface area contributed by atoms with E-state index in [2.05, 4.69) is 10.5 Å². The lowest BCUT2D eigenvalue weighted by molar-refractivity contribution is 0.106. The first kappa shape index (κ1) is 16.1. The fraction of sp³-hybridized carbons (Fsp3) is 0.100. The maximum absolute atomic E-state index is 13.0. The van der Waals surface area contributed by atoms with Gasteiger partial charge in [-0.2, -0.15) is 5.10 Å². The van der Waals surface area contributed by atoms with Crippen molar-refractivity contribution < 1.29 is 4.79 Å². The van der Waals surface area contributed by atoms with Gasteiger partial charge < -0.3 is 5.43 Å². The summed E-state index contributed by atoms with van der Waals surface area (Å²) in [5.74, 6) is -0.282. The van der Waals surface area contributed by atoms with Crippen molar-refractivity contribution in [2.24, 2.45) is 5.10 Å². The second kappa shape index (κ2) is 6.51. The molecule has 4 rings (SSSR count). The van der Waals surface area contributed by atoms with Crippen LogP contribution in [0.5, 0.6) is 0 Å². The predicted octanol–water partition coefficient (Wildman–Crippen LogP) is 5.07. The van der Waals surface area contributed by atoms with E-state index in [0.717, 1.165) is 16.3 Å². The number of hydrogen-bond donors (Lipinski definition) is 1. The first-order chi connectivity index (χ1) is 12.1. The lowest BCUT2D eigenvalue weighted by Gasteiger charge is -2.14. The van der Waals surface area contributed by atoms with Gasteiger partial charge in [0.15, 0.2) is 0 Å². The van der Waals surface area contributed by atoms with Crippen molar-refractivity contribution in [3.8, 4) is 0 Å². The molecule has 1 heterocycles. The van der Waals surface area contributed by atoms with Crippen LogP contribution in [0, 0.1) is 0 Å². The Balaban J connectivity index is 1.70. The van der Waals surface area contributed by atoms with Crippen molar-refractivity contribution in [1.29, 1.82) is 0 Å². The zero-order chi connectivity index (χ0) is 17.4. The summed E-state index contributed by atoms with van der Waals surface area (Å²) in [7, 11) is 0. The zero-order valence-electron chi connectivity index (χ0n) is 13.2. The number of Topliss-reactive ketones (excluding diaryl/α,β-unsaturated/α-hetero) is 1. The zero-order valence-corrected chi connectivity index (χ0v) is 14.7. The van der Waals surface area contributed by atoms with Crippen LogP contribution in [0.3, 0.4) is 0 Å². The number of benzene rings is 3. The van der Waals surface area contributed by atoms with Gasteiger partial charge in [0, 0.05) is 22.2 Å². The maximum atomic E-state index is 13.0. The second-order valence-corrected chi connectivity index (χ2v) is 6.81. The summed E-state index contributed by atoms with van der Waals surface area (Å²) < 4.78 is 0. The minimum atomic E-state index is -0.191. The van der Waals surface area contributed by atoms with E-state index in [9.17, 15) is 4.79 Å². The molecule has 25 heavy (non-hydrogen) atoms. The summed E-state index contributed by atoms with van der Waals surface area (Å²) >= 11 is 12.3. The van der Waals surface area contributed by atoms with Gasteiger partial charge >= 0.3 is 0 Å². The number of rotatable bonds is 3. The van der Waals surface area contributed by atoms with Gasteiger partial charge in [-0.05, 0) is 34.5 Å². The molecule has 3 aromatic carbocycles. The number of hydrazone groups is 1. The van der Waals surface area contributed by atoms with E-state index in [1.807, 2.05) is 48.5 Å². The smallest absolute Gasteiger partial charge is 0.209 e. The van der Waals surface area contributed by atoms with Gasteiger partial charge in [-0.3, -0.25) is 4.79 Å². The van der Waals surface area contributed by atoms with Crippen LogP contribution < -0.4 is 5.43 Å². The van der Waals surface area contributed by atoms with Gasteiger partial charge in [0.05, 0.1) is 5.92 Å². The van der Waals surface area contributed by atoms with Crippen LogP contribution >= 0.6 is 23.2 Å². The molecule has 5 heteroatoms. The van der Waals surface area contributed by atoms with Gasteiger partial charge in [0.1, 0.15) is 5.71 Å². The topological polar surface area (TPSA) is 41.5 Å². The molecule has 0 saturated carbocycles. The van der Waals surface area contributed by atoms with E-state index in [4.69, 9.17) is 23.2 Å². The van der Waals surface area contributed by atoms with Gasteiger partial charge in [-0.1, -0.05) is 65.7 Å². The Morgan fingerprint density at radius 2 is 1.80 bits per heavy atom. The summed E-state index contributed by atoms with van der Waals surface area (Å²) in [5.41, 5.74) is 4.87. The number of ketones is 1. The molecular weight excluding hydrogens is 355 g/mol. The third kappa shape index (κ3) is 3.01. The fourth-order valence-electron chi connectivity index (χ4n) is 3.13. The van der Waals surface area contributed by atoms with E-state index >= 15 is 0 Å². The van der Waals surface area contributed by atoms with Crippen LogP contribution in [0.4, 0.5) is 0 Å². The Bertz CT molecular complexity index is 1010. The molecule has 0 aromatic heterocycles. The van der Waals surface area contributed by atoms with E-state index in [0.29, 0.717) is 27.9 Å². The molecule has 0 fully saturated rings. The molecule has 0 bridgehead atoms. The first-order valence-corrected chi connectivity index (χ1v) is 8.68. The standard InChI is InChI=1S/C20H14Cl2N2O/c21-15-7-8-16(18(22)10-15)17-11-23-24-19(17)20(25)14-6-5-12-3-1-2-4-13(12)9-14/h1-10,17,23H,11H2. The van der Waals surface area contributed by atoms with Crippen LogP contribution in [0.2, 0.25) is 10.0 Å². The highest BCUT2D eigenvalue weighted by molar-refractivity contribution is 6.48. The molecule has 0 saturated heterocycles. The molecule has 0 amide bonds. The fourth-order valence-corrected chi connectivity index (χ4v) is 3.67. The Labute approximate surface area is 155 Å². The molecule has 1 aliphatic rings. The lowest BCUT2D eigenvalue weighted by atomic mass is 9.90. The molecule has 0 radical (unpaired) electrons. The first-order valence-electron chi connectivity index (χ1n) is 7.92. The summed E-state index contributed by atoms with van der Waals surface area (Å²) in [5, 5.41) is 7.48. The second-order valence-electron chi connectivity index (χ2n) is 5.97. The molecule has 3 aromatic rings. The highest BCUT2D eigenvalue weighted by atomic mass is 35.5. The number of hydrogen-bond acceptors (Lipinski definition) is 3. The average Bonchev–Trinajstić information content (AvgIpc) is 3.10. The Morgan fingerprint density at radius 1 is 1.00 bits per heavy atom. The Hall–Kier alpha value is -2.36. The number of halogens is 2. The molecule has 1 atom stereocenters. The van der Waals surface area contributed by atoms with Crippen LogP contribution in [-0.4, -0.2) is 18.0 Å². The SMILES string of the molecule is O=C(C1=NNCC1c1ccc(Cl)cc1Cl)c1ccc2ccccc2c1. The number of nitrogens with zero attached hydrogens (tertiary/aromatic N) is 1. The van der Waals surface area contributed by atoms with Crippen molar-refractivity contribution in [2.45, 2.75) is 5.92 Å². The largest absolute Gasteiger partial charge is 0.309 e. The van der Waals surface area contributed by atoms with Crippen LogP contribution in [0.15, 0.2) is 65.8 Å². The molecule has 124 valence electrons. The minimum absolute atomic E-state index is 0.0910. The van der Waals surface area contributed by atoms with Crippen molar-refractivity contribution in [3.63, 3.8) is 0 Å². The highest BCUT2D eigenvalue weighted by Crippen LogP contribution is 2.31. The highest BCUT2D eigenvalue weighted by Gasteiger charge is 2.31. The van der Waals surface area contributed by atoms with Gasteiger partial charge in [-0.25, -0.2) is 0 Å². The average molecular weight is 369 g/mol. The van der Waals surface area contributed by atoms with Crippen LogP contribution in [-0.2, 0) is 0 Å². The minimum Gasteiger partial charge on any atom is -0.309 e. The monoisotopic (exact) mass is 368 g/mol. The number of carbonyl (C=O) groups is 1. The predicted molar refractivity (Wildman–Crippen MR) is 103 cm³/mol. The van der Waals surface area contributed by atoms with Crippen molar-refractivity contribution in [1.82, 2.24) is 5.43 Å². The van der Waals surface area contributed by atoms with Gasteiger partial charge in [0.25, 0.3) is 0 Å². The maximum Gasteiger partial charge on any atom is 0.209 e. The third-order valence-corrected chi connectivity index (χ3v) is 4.97. The summed E-state index contributed by atoms with van der Waals surface area (Å²) in [4.78, 5) is 13.0. The number of fused-ring (bicyclic) bond motifs is 1. The van der Waals surface area contributed by atoms with E-state index < -0.39 is 0 Å². The van der Waals surface area contributed by atoms with Crippen molar-refractivity contribution >= 4 is 45.5 Å². The van der Waals surface area contributed by atoms with Crippen LogP contribution in [0.25, 0.3) is 10.8 Å². The Kier molecular flexibility index (Phi) is 4.20. The summed E-state index contributed by atoms with van der Waals surface area (Å²) in [6.07, 6.45) is 0. The molecule has 3 nitrogen and oxygen atoms in total. The van der Waals surface area contributed by atoms with Crippen LogP contribution in [0.1, 0.15) is 21.8 Å².